The molecule has 1 N–H and O–H groups in total. The van der Waals surface area contributed by atoms with Crippen molar-refractivity contribution in [2.45, 2.75) is 6.92 Å². The van der Waals surface area contributed by atoms with E-state index in [1.165, 1.54) is 0 Å². The van der Waals surface area contributed by atoms with Crippen molar-refractivity contribution >= 4 is 22.2 Å². The minimum Gasteiger partial charge on any atom is -0.332 e. The number of aromatic nitrogens is 3. The molecule has 0 fully saturated rings. The van der Waals surface area contributed by atoms with Crippen molar-refractivity contribution in [1.29, 1.82) is 0 Å². The number of rotatable bonds is 4. The summed E-state index contributed by atoms with van der Waals surface area (Å²) in [6.45, 7) is 2.07. The van der Waals surface area contributed by atoms with Gasteiger partial charge in [0, 0.05) is 16.6 Å². The summed E-state index contributed by atoms with van der Waals surface area (Å²) in [5, 5.41) is 10.8. The van der Waals surface area contributed by atoms with Crippen LogP contribution in [0.1, 0.15) is 5.69 Å². The summed E-state index contributed by atoms with van der Waals surface area (Å²) >= 11 is 1.59. The second-order valence-corrected chi connectivity index (χ2v) is 6.28. The van der Waals surface area contributed by atoms with Crippen LogP contribution in [0.3, 0.4) is 0 Å². The van der Waals surface area contributed by atoms with Gasteiger partial charge >= 0.3 is 0 Å². The number of anilines is 2. The molecule has 5 heteroatoms. The van der Waals surface area contributed by atoms with Gasteiger partial charge in [-0.25, -0.2) is 9.67 Å². The molecule has 0 unspecified atom stereocenters. The number of nitrogens with one attached hydrogen (secondary N) is 1. The first kappa shape index (κ1) is 14.7. The molecule has 0 aliphatic carbocycles. The highest BCUT2D eigenvalue weighted by Gasteiger charge is 2.13. The molecule has 2 aromatic heterocycles. The van der Waals surface area contributed by atoms with Gasteiger partial charge in [-0.2, -0.15) is 5.10 Å². The van der Waals surface area contributed by atoms with Gasteiger partial charge in [0.05, 0.1) is 23.3 Å². The van der Waals surface area contributed by atoms with E-state index in [2.05, 4.69) is 22.7 Å². The van der Waals surface area contributed by atoms with Crippen LogP contribution in [0.4, 0.5) is 10.8 Å². The van der Waals surface area contributed by atoms with Crippen LogP contribution in [0.15, 0.2) is 72.2 Å². The number of nitrogens with zero attached hydrogens (tertiary/aromatic N) is 3. The molecule has 0 saturated carbocycles. The number of thiazole rings is 1. The lowest BCUT2D eigenvalue weighted by atomic mass is 10.2. The van der Waals surface area contributed by atoms with Gasteiger partial charge in [0.25, 0.3) is 0 Å². The van der Waals surface area contributed by atoms with Crippen LogP contribution < -0.4 is 5.32 Å². The van der Waals surface area contributed by atoms with Crippen molar-refractivity contribution in [2.24, 2.45) is 0 Å². The van der Waals surface area contributed by atoms with Crippen LogP contribution in [0.5, 0.6) is 0 Å². The minimum atomic E-state index is 0.878. The largest absolute Gasteiger partial charge is 0.332 e. The Morgan fingerprint density at radius 1 is 0.958 bits per heavy atom. The molecule has 0 aliphatic heterocycles. The van der Waals surface area contributed by atoms with Crippen LogP contribution in [0, 0.1) is 6.92 Å². The molecule has 0 atom stereocenters. The van der Waals surface area contributed by atoms with Crippen molar-refractivity contribution < 1.29 is 0 Å². The molecule has 0 aliphatic rings. The molecule has 0 amide bonds. The average molecular weight is 332 g/mol. The molecule has 0 radical (unpaired) electrons. The first-order valence-corrected chi connectivity index (χ1v) is 8.57. The summed E-state index contributed by atoms with van der Waals surface area (Å²) in [6, 6.07) is 20.2. The Bertz CT molecular complexity index is 942. The van der Waals surface area contributed by atoms with E-state index < -0.39 is 0 Å². The zero-order valence-corrected chi connectivity index (χ0v) is 14.0. The van der Waals surface area contributed by atoms with Crippen LogP contribution in [-0.4, -0.2) is 14.8 Å². The third-order valence-corrected chi connectivity index (χ3v) is 4.57. The summed E-state index contributed by atoms with van der Waals surface area (Å²) in [4.78, 5) is 4.70. The number of para-hydroxylation sites is 2. The van der Waals surface area contributed by atoms with E-state index in [0.717, 1.165) is 33.5 Å². The van der Waals surface area contributed by atoms with E-state index >= 15 is 0 Å². The fraction of sp³-hybridized carbons (Fsp3) is 0.0526. The first-order valence-electron chi connectivity index (χ1n) is 7.69. The standard InChI is InChI=1S/C19H16N4S/c1-14-17(12-20-23(14)16-10-6-3-7-11-16)18-13-24-19(22-18)21-15-8-4-2-5-9-15/h2-13H,1H3,(H,21,22). The maximum Gasteiger partial charge on any atom is 0.187 e. The normalized spacial score (nSPS) is 10.7. The second-order valence-electron chi connectivity index (χ2n) is 5.42. The van der Waals surface area contributed by atoms with Gasteiger partial charge in [-0.3, -0.25) is 0 Å². The molecule has 118 valence electrons. The molecule has 0 saturated heterocycles. The lowest BCUT2D eigenvalue weighted by Gasteiger charge is -2.04. The van der Waals surface area contributed by atoms with E-state index in [-0.39, 0.29) is 0 Å². The topological polar surface area (TPSA) is 42.7 Å². The van der Waals surface area contributed by atoms with E-state index in [1.54, 1.807) is 11.3 Å². The summed E-state index contributed by atoms with van der Waals surface area (Å²) in [7, 11) is 0. The molecule has 0 spiro atoms. The Kier molecular flexibility index (Phi) is 3.84. The van der Waals surface area contributed by atoms with Gasteiger partial charge in [0.2, 0.25) is 0 Å². The maximum absolute atomic E-state index is 4.70. The van der Waals surface area contributed by atoms with Crippen molar-refractivity contribution in [3.63, 3.8) is 0 Å². The van der Waals surface area contributed by atoms with Gasteiger partial charge in [-0.05, 0) is 31.2 Å². The van der Waals surface area contributed by atoms with E-state index in [9.17, 15) is 0 Å². The molecule has 2 aromatic carbocycles. The summed E-state index contributed by atoms with van der Waals surface area (Å²) in [5.74, 6) is 0. The van der Waals surface area contributed by atoms with Crippen molar-refractivity contribution in [3.05, 3.63) is 77.9 Å². The third-order valence-electron chi connectivity index (χ3n) is 3.82. The van der Waals surface area contributed by atoms with Gasteiger partial charge in [-0.1, -0.05) is 36.4 Å². The Balaban J connectivity index is 1.62. The number of benzene rings is 2. The Hall–Kier alpha value is -2.92. The summed E-state index contributed by atoms with van der Waals surface area (Å²) in [6.07, 6.45) is 1.88. The Morgan fingerprint density at radius 2 is 1.67 bits per heavy atom. The van der Waals surface area contributed by atoms with Crippen molar-refractivity contribution in [3.8, 4) is 16.9 Å². The Labute approximate surface area is 144 Å². The lowest BCUT2D eigenvalue weighted by Crippen LogP contribution is -1.98. The van der Waals surface area contributed by atoms with Gasteiger partial charge in [0.15, 0.2) is 5.13 Å². The fourth-order valence-electron chi connectivity index (χ4n) is 2.59. The predicted molar refractivity (Wildman–Crippen MR) is 99.1 cm³/mol. The van der Waals surface area contributed by atoms with Crippen molar-refractivity contribution in [1.82, 2.24) is 14.8 Å². The SMILES string of the molecule is Cc1c(-c2csc(Nc3ccccc3)n2)cnn1-c1ccccc1. The summed E-state index contributed by atoms with van der Waals surface area (Å²) in [5.41, 5.74) is 5.17. The molecule has 4 rings (SSSR count). The smallest absolute Gasteiger partial charge is 0.187 e. The highest BCUT2D eigenvalue weighted by molar-refractivity contribution is 7.14. The van der Waals surface area contributed by atoms with Gasteiger partial charge in [-0.15, -0.1) is 11.3 Å². The van der Waals surface area contributed by atoms with Crippen LogP contribution >= 0.6 is 11.3 Å². The third kappa shape index (κ3) is 2.81. The molecule has 2 heterocycles. The lowest BCUT2D eigenvalue weighted by molar-refractivity contribution is 0.847. The second kappa shape index (κ2) is 6.29. The monoisotopic (exact) mass is 332 g/mol. The van der Waals surface area contributed by atoms with Crippen LogP contribution in [-0.2, 0) is 0 Å². The van der Waals surface area contributed by atoms with Gasteiger partial charge in [0.1, 0.15) is 0 Å². The zero-order valence-electron chi connectivity index (χ0n) is 13.2. The highest BCUT2D eigenvalue weighted by atomic mass is 32.1. The predicted octanol–water partition coefficient (Wildman–Crippen LogP) is 5.05. The zero-order chi connectivity index (χ0) is 16.4. The van der Waals surface area contributed by atoms with E-state index in [1.807, 2.05) is 71.5 Å². The van der Waals surface area contributed by atoms with E-state index in [0.29, 0.717) is 0 Å². The Morgan fingerprint density at radius 3 is 2.42 bits per heavy atom. The summed E-state index contributed by atoms with van der Waals surface area (Å²) < 4.78 is 1.94. The van der Waals surface area contributed by atoms with Crippen LogP contribution in [0.2, 0.25) is 0 Å². The number of hydrogen-bond donors (Lipinski definition) is 1. The molecule has 4 nitrogen and oxygen atoms in total. The molecule has 24 heavy (non-hydrogen) atoms. The fourth-order valence-corrected chi connectivity index (χ4v) is 3.32. The maximum atomic E-state index is 4.70. The van der Waals surface area contributed by atoms with E-state index in [4.69, 9.17) is 4.98 Å². The average Bonchev–Trinajstić information content (AvgIpc) is 3.23. The first-order chi connectivity index (χ1) is 11.8. The number of hydrogen-bond acceptors (Lipinski definition) is 4. The molecule has 0 bridgehead atoms. The molecular formula is C19H16N4S. The van der Waals surface area contributed by atoms with Crippen LogP contribution in [0.25, 0.3) is 16.9 Å². The van der Waals surface area contributed by atoms with Gasteiger partial charge < -0.3 is 5.32 Å². The quantitative estimate of drug-likeness (QED) is 0.569. The molecular weight excluding hydrogens is 316 g/mol. The minimum absolute atomic E-state index is 0.878. The highest BCUT2D eigenvalue weighted by Crippen LogP contribution is 2.29. The molecule has 4 aromatic rings. The van der Waals surface area contributed by atoms with Crippen molar-refractivity contribution in [2.75, 3.05) is 5.32 Å².